The third-order valence-electron chi connectivity index (χ3n) is 3.25. The van der Waals surface area contributed by atoms with Crippen molar-refractivity contribution in [2.24, 2.45) is 0 Å². The largest absolute Gasteiger partial charge is 0.341 e. The molecular weight excluding hydrogens is 280 g/mol. The zero-order valence-electron chi connectivity index (χ0n) is 11.1. The quantitative estimate of drug-likeness (QED) is 0.802. The van der Waals surface area contributed by atoms with Gasteiger partial charge in [-0.05, 0) is 44.3 Å². The number of amides is 1. The van der Waals surface area contributed by atoms with Gasteiger partial charge in [0.1, 0.15) is 0 Å². The Morgan fingerprint density at radius 2 is 1.95 bits per heavy atom. The highest BCUT2D eigenvalue weighted by atomic mass is 35.5. The fourth-order valence-electron chi connectivity index (χ4n) is 2.06. The van der Waals surface area contributed by atoms with Crippen LogP contribution in [0.2, 0.25) is 5.02 Å². The number of hydrogen-bond acceptors (Lipinski definition) is 3. The lowest BCUT2D eigenvalue weighted by Crippen LogP contribution is -2.35. The molecule has 0 aromatic heterocycles. The van der Waals surface area contributed by atoms with Crippen LogP contribution in [0.4, 0.5) is 0 Å². The maximum atomic E-state index is 12.2. The van der Waals surface area contributed by atoms with Crippen LogP contribution in [0.1, 0.15) is 6.42 Å². The normalized spacial score (nSPS) is 17.3. The molecule has 0 unspecified atom stereocenters. The molecule has 0 spiro atoms. The van der Waals surface area contributed by atoms with Crippen LogP contribution < -0.4 is 0 Å². The summed E-state index contributed by atoms with van der Waals surface area (Å²) in [6, 6.07) is 7.62. The van der Waals surface area contributed by atoms with Crippen LogP contribution in [-0.4, -0.2) is 54.7 Å². The smallest absolute Gasteiger partial charge is 0.232 e. The highest BCUT2D eigenvalue weighted by Gasteiger charge is 2.17. The number of carbonyl (C=O) groups excluding carboxylic acids is 1. The van der Waals surface area contributed by atoms with Gasteiger partial charge in [0.05, 0.1) is 5.75 Å². The maximum Gasteiger partial charge on any atom is 0.232 e. The molecule has 5 heteroatoms. The second-order valence-corrected chi connectivity index (χ2v) is 6.27. The van der Waals surface area contributed by atoms with Gasteiger partial charge in [-0.3, -0.25) is 4.79 Å². The summed E-state index contributed by atoms with van der Waals surface area (Å²) in [5, 5.41) is 0.728. The number of carbonyl (C=O) groups is 1. The minimum atomic E-state index is 0.232. The first-order chi connectivity index (χ1) is 9.15. The van der Waals surface area contributed by atoms with E-state index < -0.39 is 0 Å². The van der Waals surface area contributed by atoms with Gasteiger partial charge in [0.25, 0.3) is 0 Å². The molecule has 1 aliphatic heterocycles. The number of benzene rings is 1. The van der Waals surface area contributed by atoms with E-state index in [-0.39, 0.29) is 5.91 Å². The second-order valence-electron chi connectivity index (χ2n) is 4.78. The van der Waals surface area contributed by atoms with E-state index in [4.69, 9.17) is 11.6 Å². The van der Waals surface area contributed by atoms with Crippen LogP contribution in [0.3, 0.4) is 0 Å². The third-order valence-corrected chi connectivity index (χ3v) is 4.50. The predicted molar refractivity (Wildman–Crippen MR) is 80.9 cm³/mol. The monoisotopic (exact) mass is 298 g/mol. The Balaban J connectivity index is 1.82. The highest BCUT2D eigenvalue weighted by molar-refractivity contribution is 8.00. The highest BCUT2D eigenvalue weighted by Crippen LogP contribution is 2.20. The number of nitrogens with zero attached hydrogens (tertiary/aromatic N) is 2. The Labute approximate surface area is 123 Å². The lowest BCUT2D eigenvalue weighted by molar-refractivity contribution is -0.128. The summed E-state index contributed by atoms with van der Waals surface area (Å²) in [6.45, 7) is 3.77. The lowest BCUT2D eigenvalue weighted by Gasteiger charge is -2.20. The Morgan fingerprint density at radius 1 is 1.21 bits per heavy atom. The fraction of sp³-hybridized carbons (Fsp3) is 0.500. The molecule has 0 aliphatic carbocycles. The molecule has 1 aromatic carbocycles. The maximum absolute atomic E-state index is 12.2. The van der Waals surface area contributed by atoms with Crippen LogP contribution in [0.15, 0.2) is 29.2 Å². The number of likely N-dealkylation sites (N-methyl/N-ethyl adjacent to an activating group) is 1. The molecule has 0 N–H and O–H groups in total. The molecule has 0 bridgehead atoms. The standard InChI is InChI=1S/C14H19ClN2OS/c1-16-7-2-8-17(10-9-16)14(18)11-19-13-5-3-12(15)4-6-13/h3-6H,2,7-11H2,1H3. The Kier molecular flexibility index (Phi) is 5.55. The second kappa shape index (κ2) is 7.17. The third kappa shape index (κ3) is 4.71. The summed E-state index contributed by atoms with van der Waals surface area (Å²) >= 11 is 7.41. The summed E-state index contributed by atoms with van der Waals surface area (Å²) in [5.74, 6) is 0.737. The Hall–Kier alpha value is -0.710. The summed E-state index contributed by atoms with van der Waals surface area (Å²) < 4.78 is 0. The molecule has 1 heterocycles. The number of hydrogen-bond donors (Lipinski definition) is 0. The molecule has 0 saturated carbocycles. The van der Waals surface area contributed by atoms with Crippen molar-refractivity contribution in [1.29, 1.82) is 0 Å². The van der Waals surface area contributed by atoms with Crippen molar-refractivity contribution in [3.05, 3.63) is 29.3 Å². The van der Waals surface area contributed by atoms with Gasteiger partial charge in [-0.15, -0.1) is 11.8 Å². The van der Waals surface area contributed by atoms with Crippen LogP contribution in [-0.2, 0) is 4.79 Å². The molecule has 2 rings (SSSR count). The van der Waals surface area contributed by atoms with Crippen molar-refractivity contribution in [2.75, 3.05) is 39.0 Å². The molecule has 0 radical (unpaired) electrons. The molecule has 1 saturated heterocycles. The van der Waals surface area contributed by atoms with Crippen molar-refractivity contribution in [1.82, 2.24) is 9.80 Å². The summed E-state index contributed by atoms with van der Waals surface area (Å²) in [5.41, 5.74) is 0. The summed E-state index contributed by atoms with van der Waals surface area (Å²) in [4.78, 5) is 17.5. The first kappa shape index (κ1) is 14.7. The first-order valence-corrected chi connectivity index (χ1v) is 7.86. The minimum Gasteiger partial charge on any atom is -0.341 e. The van der Waals surface area contributed by atoms with E-state index in [1.54, 1.807) is 11.8 Å². The molecular formula is C14H19ClN2OS. The van der Waals surface area contributed by atoms with Gasteiger partial charge in [0.15, 0.2) is 0 Å². The van der Waals surface area contributed by atoms with Gasteiger partial charge >= 0.3 is 0 Å². The zero-order valence-corrected chi connectivity index (χ0v) is 12.7. The molecule has 1 amide bonds. The van der Waals surface area contributed by atoms with Crippen molar-refractivity contribution in [3.63, 3.8) is 0 Å². The van der Waals surface area contributed by atoms with E-state index in [0.717, 1.165) is 42.5 Å². The SMILES string of the molecule is CN1CCCN(C(=O)CSc2ccc(Cl)cc2)CC1. The molecule has 1 aromatic rings. The molecule has 19 heavy (non-hydrogen) atoms. The van der Waals surface area contributed by atoms with Crippen LogP contribution in [0, 0.1) is 0 Å². The van der Waals surface area contributed by atoms with Crippen molar-refractivity contribution < 1.29 is 4.79 Å². The fourth-order valence-corrected chi connectivity index (χ4v) is 2.99. The van der Waals surface area contributed by atoms with E-state index in [0.29, 0.717) is 5.75 Å². The topological polar surface area (TPSA) is 23.6 Å². The number of thioether (sulfide) groups is 1. The van der Waals surface area contributed by atoms with Crippen molar-refractivity contribution in [2.45, 2.75) is 11.3 Å². The van der Waals surface area contributed by atoms with E-state index >= 15 is 0 Å². The van der Waals surface area contributed by atoms with E-state index in [1.807, 2.05) is 29.2 Å². The van der Waals surface area contributed by atoms with Crippen LogP contribution in [0.5, 0.6) is 0 Å². The van der Waals surface area contributed by atoms with Gasteiger partial charge in [-0.25, -0.2) is 0 Å². The molecule has 3 nitrogen and oxygen atoms in total. The number of rotatable bonds is 3. The summed E-state index contributed by atoms with van der Waals surface area (Å²) in [7, 11) is 2.11. The molecule has 0 atom stereocenters. The van der Waals surface area contributed by atoms with Crippen molar-refractivity contribution in [3.8, 4) is 0 Å². The Bertz CT molecular complexity index is 424. The van der Waals surface area contributed by atoms with Gasteiger partial charge in [-0.1, -0.05) is 11.6 Å². The average molecular weight is 299 g/mol. The van der Waals surface area contributed by atoms with Gasteiger partial charge in [-0.2, -0.15) is 0 Å². The van der Waals surface area contributed by atoms with Gasteiger partial charge in [0.2, 0.25) is 5.91 Å². The number of halogens is 1. The van der Waals surface area contributed by atoms with Gasteiger partial charge in [0, 0.05) is 29.6 Å². The van der Waals surface area contributed by atoms with Gasteiger partial charge < -0.3 is 9.80 Å². The Morgan fingerprint density at radius 3 is 2.68 bits per heavy atom. The predicted octanol–water partition coefficient (Wildman–Crippen LogP) is 2.60. The minimum absolute atomic E-state index is 0.232. The van der Waals surface area contributed by atoms with Crippen LogP contribution >= 0.6 is 23.4 Å². The zero-order chi connectivity index (χ0) is 13.7. The first-order valence-electron chi connectivity index (χ1n) is 6.50. The van der Waals surface area contributed by atoms with Crippen LogP contribution in [0.25, 0.3) is 0 Å². The van der Waals surface area contributed by atoms with E-state index in [1.165, 1.54) is 0 Å². The summed E-state index contributed by atoms with van der Waals surface area (Å²) in [6.07, 6.45) is 1.06. The van der Waals surface area contributed by atoms with E-state index in [2.05, 4.69) is 11.9 Å². The molecule has 104 valence electrons. The molecule has 1 fully saturated rings. The average Bonchev–Trinajstić information content (AvgIpc) is 2.63. The van der Waals surface area contributed by atoms with Crippen molar-refractivity contribution >= 4 is 29.3 Å². The molecule has 1 aliphatic rings. The van der Waals surface area contributed by atoms with E-state index in [9.17, 15) is 4.79 Å². The lowest BCUT2D eigenvalue weighted by atomic mass is 10.4.